The Bertz CT molecular complexity index is 1230. The normalized spacial score (nSPS) is 27.4. The van der Waals surface area contributed by atoms with Gasteiger partial charge in [0.15, 0.2) is 10.7 Å². The maximum atomic E-state index is 15.2. The van der Waals surface area contributed by atoms with Crippen LogP contribution in [0.3, 0.4) is 0 Å². The van der Waals surface area contributed by atoms with Crippen LogP contribution in [0.1, 0.15) is 39.0 Å². The van der Waals surface area contributed by atoms with E-state index in [9.17, 15) is 12.8 Å². The third-order valence-electron chi connectivity index (χ3n) is 7.67. The molecule has 1 saturated carbocycles. The Kier molecular flexibility index (Phi) is 5.97. The molecule has 1 N–H and O–H groups in total. The van der Waals surface area contributed by atoms with Gasteiger partial charge in [0.2, 0.25) is 5.95 Å². The lowest BCUT2D eigenvalue weighted by molar-refractivity contribution is -0.0152. The number of hydrogen-bond acceptors (Lipinski definition) is 5. The largest absolute Gasteiger partial charge is 0.370 e. The molecular formula is C23H26ClF3N4O2S. The topological polar surface area (TPSA) is 65.5 Å². The highest BCUT2D eigenvalue weighted by Gasteiger charge is 2.54. The second-order valence-electron chi connectivity index (χ2n) is 9.60. The maximum Gasteiger partial charge on any atom is 0.268 e. The van der Waals surface area contributed by atoms with Crippen molar-refractivity contribution < 1.29 is 21.6 Å². The maximum absolute atomic E-state index is 15.2. The Hall–Kier alpha value is -2.04. The fraction of sp³-hybridized carbons (Fsp3) is 0.522. The lowest BCUT2D eigenvalue weighted by Gasteiger charge is -2.53. The minimum atomic E-state index is -4.74. The smallest absolute Gasteiger partial charge is 0.268 e. The molecule has 0 amide bonds. The summed E-state index contributed by atoms with van der Waals surface area (Å²) in [7, 11) is -4.74. The third kappa shape index (κ3) is 3.93. The van der Waals surface area contributed by atoms with Gasteiger partial charge >= 0.3 is 0 Å². The van der Waals surface area contributed by atoms with Crippen LogP contribution in [0.15, 0.2) is 29.2 Å². The van der Waals surface area contributed by atoms with Crippen LogP contribution in [0.25, 0.3) is 0 Å². The first kappa shape index (κ1) is 23.7. The number of nitrogens with zero attached hydrogens (tertiary/aromatic N) is 3. The second kappa shape index (κ2) is 8.57. The molecule has 1 spiro atoms. The first-order valence-electron chi connectivity index (χ1n) is 11.4. The second-order valence-corrected chi connectivity index (χ2v) is 11.6. The Balaban J connectivity index is 1.40. The van der Waals surface area contributed by atoms with Crippen molar-refractivity contribution in [3.8, 4) is 0 Å². The fourth-order valence-corrected chi connectivity index (χ4v) is 7.36. The molecule has 2 saturated heterocycles. The molecule has 2 aromatic rings. The summed E-state index contributed by atoms with van der Waals surface area (Å²) in [6, 6.07) is 5.38. The number of aromatic nitrogens is 1. The van der Waals surface area contributed by atoms with Gasteiger partial charge in [-0.15, -0.1) is 0 Å². The summed E-state index contributed by atoms with van der Waals surface area (Å²) >= 11 is 6.26. The summed E-state index contributed by atoms with van der Waals surface area (Å²) in [5.74, 6) is -3.97. The van der Waals surface area contributed by atoms with Crippen molar-refractivity contribution in [3.05, 3.63) is 46.9 Å². The lowest BCUT2D eigenvalue weighted by Crippen LogP contribution is -2.57. The summed E-state index contributed by atoms with van der Waals surface area (Å²) in [4.78, 5) is 6.59. The molecular weight excluding hydrogens is 489 g/mol. The molecule has 0 bridgehead atoms. The van der Waals surface area contributed by atoms with Crippen LogP contribution >= 0.6 is 11.6 Å². The van der Waals surface area contributed by atoms with Crippen LogP contribution in [0.5, 0.6) is 0 Å². The van der Waals surface area contributed by atoms with Crippen molar-refractivity contribution in [1.29, 1.82) is 0 Å². The van der Waals surface area contributed by atoms with Crippen LogP contribution < -0.4 is 9.62 Å². The quantitative estimate of drug-likeness (QED) is 0.459. The van der Waals surface area contributed by atoms with Crippen LogP contribution in [-0.2, 0) is 10.0 Å². The zero-order chi connectivity index (χ0) is 24.3. The van der Waals surface area contributed by atoms with Gasteiger partial charge in [-0.25, -0.2) is 22.2 Å². The number of anilines is 2. The Morgan fingerprint density at radius 3 is 2.62 bits per heavy atom. The van der Waals surface area contributed by atoms with Gasteiger partial charge in [0.25, 0.3) is 10.0 Å². The van der Waals surface area contributed by atoms with Crippen molar-refractivity contribution in [2.75, 3.05) is 29.3 Å². The minimum Gasteiger partial charge on any atom is -0.370 e. The van der Waals surface area contributed by atoms with Gasteiger partial charge in [-0.2, -0.15) is 4.39 Å². The first-order valence-corrected chi connectivity index (χ1v) is 13.3. The van der Waals surface area contributed by atoms with Crippen molar-refractivity contribution in [1.82, 2.24) is 9.88 Å². The van der Waals surface area contributed by atoms with Gasteiger partial charge in [-0.05, 0) is 57.7 Å². The van der Waals surface area contributed by atoms with E-state index in [1.165, 1.54) is 25.0 Å². The van der Waals surface area contributed by atoms with Crippen molar-refractivity contribution in [3.63, 3.8) is 0 Å². The number of pyridine rings is 1. The predicted molar refractivity (Wildman–Crippen MR) is 124 cm³/mol. The molecule has 3 aliphatic rings. The molecule has 3 heterocycles. The molecule has 3 fully saturated rings. The predicted octanol–water partition coefficient (Wildman–Crippen LogP) is 4.80. The summed E-state index contributed by atoms with van der Waals surface area (Å²) in [6.45, 7) is 4.54. The monoisotopic (exact) mass is 514 g/mol. The fourth-order valence-electron chi connectivity index (χ4n) is 5.89. The van der Waals surface area contributed by atoms with E-state index in [0.29, 0.717) is 25.2 Å². The highest BCUT2D eigenvalue weighted by molar-refractivity contribution is 7.92. The summed E-state index contributed by atoms with van der Waals surface area (Å²) in [5, 5.41) is -0.448. The molecule has 11 heteroatoms. The molecule has 184 valence electrons. The van der Waals surface area contributed by atoms with E-state index in [-0.39, 0.29) is 11.1 Å². The van der Waals surface area contributed by atoms with Crippen molar-refractivity contribution >= 4 is 33.1 Å². The summed E-state index contributed by atoms with van der Waals surface area (Å²) in [5.41, 5.74) is 0.209. The molecule has 1 aromatic carbocycles. The lowest BCUT2D eigenvalue weighted by atomic mass is 9.63. The van der Waals surface area contributed by atoms with Crippen molar-refractivity contribution in [2.45, 2.75) is 56.0 Å². The molecule has 0 unspecified atom stereocenters. The standard InChI is InChI=1S/C23H26ClF3N4O2S/c1-14-4-3-10-31(14)17-7-8-23(17)9-11-30(13-23)16-12-15(25)22(21(27)20(16)24)34(32,33)29-19-6-2-5-18(26)28-19/h2,5-6,12,14,17H,3-4,7-11,13H2,1H3,(H,28,29)/t14-,17+,23-/m0/s1. The molecule has 2 aliphatic heterocycles. The van der Waals surface area contributed by atoms with Gasteiger partial charge in [-0.1, -0.05) is 17.7 Å². The number of nitrogens with one attached hydrogen (secondary N) is 1. The third-order valence-corrected chi connectivity index (χ3v) is 9.42. The van der Waals surface area contributed by atoms with E-state index in [2.05, 4.69) is 16.8 Å². The number of benzene rings is 1. The van der Waals surface area contributed by atoms with E-state index in [4.69, 9.17) is 11.6 Å². The molecule has 1 aliphatic carbocycles. The van der Waals surface area contributed by atoms with Gasteiger partial charge in [0, 0.05) is 36.7 Å². The van der Waals surface area contributed by atoms with E-state index in [1.807, 2.05) is 9.62 Å². The van der Waals surface area contributed by atoms with Gasteiger partial charge in [0.05, 0.1) is 5.69 Å². The van der Waals surface area contributed by atoms with Gasteiger partial charge in [-0.3, -0.25) is 9.62 Å². The van der Waals surface area contributed by atoms with Gasteiger partial charge in [0.1, 0.15) is 16.7 Å². The molecule has 34 heavy (non-hydrogen) atoms. The number of hydrogen-bond donors (Lipinski definition) is 1. The van der Waals surface area contributed by atoms with Crippen LogP contribution in [0.4, 0.5) is 24.7 Å². The molecule has 1 aromatic heterocycles. The molecule has 0 radical (unpaired) electrons. The van der Waals surface area contributed by atoms with E-state index in [1.54, 1.807) is 0 Å². The van der Waals surface area contributed by atoms with Gasteiger partial charge < -0.3 is 4.90 Å². The Labute approximate surface area is 202 Å². The average molecular weight is 515 g/mol. The highest BCUT2D eigenvalue weighted by atomic mass is 35.5. The number of rotatable bonds is 5. The number of likely N-dealkylation sites (tertiary alicyclic amines) is 1. The summed E-state index contributed by atoms with van der Waals surface area (Å²) in [6.07, 6.45) is 5.44. The Morgan fingerprint density at radius 1 is 1.18 bits per heavy atom. The molecule has 3 atom stereocenters. The Morgan fingerprint density at radius 2 is 1.97 bits per heavy atom. The average Bonchev–Trinajstić information content (AvgIpc) is 3.38. The highest BCUT2D eigenvalue weighted by Crippen LogP contribution is 2.53. The van der Waals surface area contributed by atoms with E-state index in [0.717, 1.165) is 37.9 Å². The number of halogens is 4. The van der Waals surface area contributed by atoms with E-state index >= 15 is 8.78 Å². The van der Waals surface area contributed by atoms with Crippen molar-refractivity contribution in [2.24, 2.45) is 5.41 Å². The zero-order valence-corrected chi connectivity index (χ0v) is 20.3. The minimum absolute atomic E-state index is 0.0598. The molecule has 6 nitrogen and oxygen atoms in total. The number of sulfonamides is 1. The SMILES string of the molecule is C[C@H]1CCCN1[C@@H]1CC[C@@]12CCN(c1cc(F)c(S(=O)(=O)Nc3cccc(F)n3)c(F)c1Cl)C2. The zero-order valence-electron chi connectivity index (χ0n) is 18.7. The van der Waals surface area contributed by atoms with Crippen LogP contribution in [-0.4, -0.2) is 50.0 Å². The summed E-state index contributed by atoms with van der Waals surface area (Å²) < 4.78 is 70.8. The van der Waals surface area contributed by atoms with E-state index < -0.39 is 43.3 Å². The van der Waals surface area contributed by atoms with Crippen LogP contribution in [0, 0.1) is 23.0 Å². The van der Waals surface area contributed by atoms with Crippen LogP contribution in [0.2, 0.25) is 5.02 Å². The first-order chi connectivity index (χ1) is 16.1. The molecule has 5 rings (SSSR count).